The van der Waals surface area contributed by atoms with Crippen molar-refractivity contribution in [1.82, 2.24) is 20.4 Å². The fourth-order valence-electron chi connectivity index (χ4n) is 3.77. The number of nitrogens with one attached hydrogen (secondary N) is 1. The molecule has 7 nitrogen and oxygen atoms in total. The van der Waals surface area contributed by atoms with Crippen molar-refractivity contribution in [3.63, 3.8) is 0 Å². The van der Waals surface area contributed by atoms with E-state index in [2.05, 4.69) is 22.0 Å². The van der Waals surface area contributed by atoms with Gasteiger partial charge in [-0.1, -0.05) is 41.0 Å². The van der Waals surface area contributed by atoms with E-state index in [9.17, 15) is 0 Å². The third-order valence-electron chi connectivity index (χ3n) is 5.39. The Hall–Kier alpha value is -3.36. The third kappa shape index (κ3) is 4.44. The summed E-state index contributed by atoms with van der Waals surface area (Å²) in [4.78, 5) is 6.62. The van der Waals surface area contributed by atoms with Crippen molar-refractivity contribution in [1.29, 1.82) is 0 Å². The Bertz CT molecular complexity index is 1240. The van der Waals surface area contributed by atoms with Gasteiger partial charge in [-0.3, -0.25) is 0 Å². The third-order valence-corrected chi connectivity index (χ3v) is 5.96. The smallest absolute Gasteiger partial charge is 0.258 e. The molecule has 1 atom stereocenters. The Morgan fingerprint density at radius 3 is 2.70 bits per heavy atom. The first-order valence-corrected chi connectivity index (χ1v) is 11.0. The molecule has 33 heavy (non-hydrogen) atoms. The van der Waals surface area contributed by atoms with Crippen LogP contribution in [0, 0.1) is 0 Å². The highest BCUT2D eigenvalue weighted by atomic mass is 35.5. The van der Waals surface area contributed by atoms with Crippen LogP contribution in [-0.4, -0.2) is 40.9 Å². The van der Waals surface area contributed by atoms with E-state index < -0.39 is 0 Å². The summed E-state index contributed by atoms with van der Waals surface area (Å²) in [7, 11) is 3.20. The highest BCUT2D eigenvalue weighted by molar-refractivity contribution is 7.80. The monoisotopic (exact) mass is 482 g/mol. The number of halogens is 1. The SMILES string of the molecule is C=CCN1C(=S)NC(c2ccc(OC)c(OC)c2)C(c2nc(-c3cccc(Cl)c3)no2)=C1C. The maximum Gasteiger partial charge on any atom is 0.258 e. The summed E-state index contributed by atoms with van der Waals surface area (Å²) in [6, 6.07) is 12.7. The average molecular weight is 483 g/mol. The molecule has 9 heteroatoms. The molecule has 170 valence electrons. The van der Waals surface area contributed by atoms with Crippen molar-refractivity contribution in [2.75, 3.05) is 20.8 Å². The normalized spacial score (nSPS) is 15.9. The second-order valence-corrected chi connectivity index (χ2v) is 8.15. The molecule has 4 rings (SSSR count). The predicted molar refractivity (Wildman–Crippen MR) is 132 cm³/mol. The largest absolute Gasteiger partial charge is 0.493 e. The van der Waals surface area contributed by atoms with Crippen molar-refractivity contribution in [3.8, 4) is 22.9 Å². The minimum Gasteiger partial charge on any atom is -0.493 e. The Kier molecular flexibility index (Phi) is 6.67. The van der Waals surface area contributed by atoms with Gasteiger partial charge in [-0.2, -0.15) is 4.98 Å². The molecule has 3 aromatic rings. The minimum absolute atomic E-state index is 0.342. The van der Waals surface area contributed by atoms with Gasteiger partial charge in [0.05, 0.1) is 25.8 Å². The molecule has 1 aromatic heterocycles. The molecule has 1 unspecified atom stereocenters. The van der Waals surface area contributed by atoms with Gasteiger partial charge in [0, 0.05) is 22.8 Å². The van der Waals surface area contributed by atoms with Gasteiger partial charge in [0.15, 0.2) is 16.6 Å². The standard InChI is InChI=1S/C24H23ClN4O3S/c1-5-11-29-14(2)20(23-27-22(28-32-23)16-7-6-8-17(25)12-16)21(26-24(29)33)15-9-10-18(30-3)19(13-15)31-4/h5-10,12-13,21H,1,11H2,2-4H3,(H,26,33). The molecular formula is C24H23ClN4O3S. The molecule has 2 aromatic carbocycles. The number of ether oxygens (including phenoxy) is 2. The Morgan fingerprint density at radius 1 is 1.21 bits per heavy atom. The molecule has 0 amide bonds. The van der Waals surface area contributed by atoms with Crippen LogP contribution in [-0.2, 0) is 0 Å². The van der Waals surface area contributed by atoms with Gasteiger partial charge in [-0.05, 0) is 49.0 Å². The van der Waals surface area contributed by atoms with Crippen molar-refractivity contribution in [2.24, 2.45) is 0 Å². The van der Waals surface area contributed by atoms with Crippen LogP contribution in [0.25, 0.3) is 17.0 Å². The summed E-state index contributed by atoms with van der Waals surface area (Å²) in [5.41, 5.74) is 3.36. The first-order chi connectivity index (χ1) is 16.0. The van der Waals surface area contributed by atoms with Gasteiger partial charge < -0.3 is 24.2 Å². The highest BCUT2D eigenvalue weighted by Crippen LogP contribution is 2.40. The topological polar surface area (TPSA) is 72.7 Å². The lowest BCUT2D eigenvalue weighted by Gasteiger charge is -2.37. The quantitative estimate of drug-likeness (QED) is 0.361. The predicted octanol–water partition coefficient (Wildman–Crippen LogP) is 5.26. The van der Waals surface area contributed by atoms with Gasteiger partial charge in [-0.25, -0.2) is 0 Å². The number of allylic oxidation sites excluding steroid dienone is 1. The summed E-state index contributed by atoms with van der Waals surface area (Å²) >= 11 is 11.8. The average Bonchev–Trinajstić information content (AvgIpc) is 3.30. The van der Waals surface area contributed by atoms with Crippen molar-refractivity contribution < 1.29 is 14.0 Å². The van der Waals surface area contributed by atoms with Gasteiger partial charge in [0.2, 0.25) is 5.82 Å². The molecule has 0 bridgehead atoms. The fraction of sp³-hybridized carbons (Fsp3) is 0.208. The van der Waals surface area contributed by atoms with Gasteiger partial charge >= 0.3 is 0 Å². The Morgan fingerprint density at radius 2 is 2.00 bits per heavy atom. The zero-order valence-electron chi connectivity index (χ0n) is 18.5. The summed E-state index contributed by atoms with van der Waals surface area (Å²) < 4.78 is 16.6. The van der Waals surface area contributed by atoms with Crippen molar-refractivity contribution in [3.05, 3.63) is 77.3 Å². The van der Waals surface area contributed by atoms with Crippen LogP contribution < -0.4 is 14.8 Å². The summed E-state index contributed by atoms with van der Waals surface area (Å²) in [6.45, 7) is 6.36. The number of aromatic nitrogens is 2. The summed E-state index contributed by atoms with van der Waals surface area (Å²) in [5, 5.41) is 8.76. The van der Waals surface area contributed by atoms with E-state index in [0.29, 0.717) is 39.9 Å². The van der Waals surface area contributed by atoms with E-state index in [4.69, 9.17) is 37.8 Å². The molecule has 0 saturated carbocycles. The molecule has 0 saturated heterocycles. The first kappa shape index (κ1) is 22.8. The van der Waals surface area contributed by atoms with Crippen LogP contribution >= 0.6 is 23.8 Å². The molecule has 0 spiro atoms. The van der Waals surface area contributed by atoms with Crippen LogP contribution in [0.5, 0.6) is 11.5 Å². The fourth-order valence-corrected chi connectivity index (χ4v) is 4.29. The second-order valence-electron chi connectivity index (χ2n) is 7.33. The van der Waals surface area contributed by atoms with Crippen LogP contribution in [0.1, 0.15) is 24.4 Å². The second kappa shape index (κ2) is 9.64. The maximum absolute atomic E-state index is 6.14. The first-order valence-electron chi connectivity index (χ1n) is 10.2. The van der Waals surface area contributed by atoms with E-state index >= 15 is 0 Å². The van der Waals surface area contributed by atoms with Gasteiger partial charge in [0.1, 0.15) is 0 Å². The van der Waals surface area contributed by atoms with E-state index in [1.165, 1.54) is 0 Å². The van der Waals surface area contributed by atoms with E-state index in [0.717, 1.165) is 22.4 Å². The number of methoxy groups -OCH3 is 2. The number of thiocarbonyl (C=S) groups is 1. The van der Waals surface area contributed by atoms with Crippen LogP contribution in [0.4, 0.5) is 0 Å². The molecule has 0 radical (unpaired) electrons. The van der Waals surface area contributed by atoms with Crippen LogP contribution in [0.15, 0.2) is 65.3 Å². The van der Waals surface area contributed by atoms with Crippen LogP contribution in [0.3, 0.4) is 0 Å². The lowest BCUT2D eigenvalue weighted by molar-refractivity contribution is 0.354. The Labute approximate surface area is 202 Å². The summed E-state index contributed by atoms with van der Waals surface area (Å²) in [6.07, 6.45) is 1.79. The number of hydrogen-bond acceptors (Lipinski definition) is 6. The van der Waals surface area contributed by atoms with E-state index in [1.807, 2.05) is 42.2 Å². The molecule has 1 aliphatic rings. The molecule has 1 N–H and O–H groups in total. The lowest BCUT2D eigenvalue weighted by Crippen LogP contribution is -2.45. The lowest BCUT2D eigenvalue weighted by atomic mass is 9.94. The minimum atomic E-state index is -0.342. The van der Waals surface area contributed by atoms with Crippen molar-refractivity contribution >= 4 is 34.5 Å². The number of hydrogen-bond donors (Lipinski definition) is 1. The number of nitrogens with zero attached hydrogens (tertiary/aromatic N) is 3. The number of benzene rings is 2. The maximum atomic E-state index is 6.14. The zero-order valence-corrected chi connectivity index (χ0v) is 20.0. The van der Waals surface area contributed by atoms with Gasteiger partial charge in [0.25, 0.3) is 5.89 Å². The zero-order chi connectivity index (χ0) is 23.5. The van der Waals surface area contributed by atoms with Gasteiger partial charge in [-0.15, -0.1) is 6.58 Å². The highest BCUT2D eigenvalue weighted by Gasteiger charge is 2.34. The Balaban J connectivity index is 1.84. The molecule has 0 fully saturated rings. The van der Waals surface area contributed by atoms with E-state index in [1.54, 1.807) is 32.4 Å². The summed E-state index contributed by atoms with van der Waals surface area (Å²) in [5.74, 6) is 2.07. The molecule has 2 heterocycles. The number of rotatable bonds is 7. The molecular weight excluding hydrogens is 460 g/mol. The van der Waals surface area contributed by atoms with Crippen LogP contribution in [0.2, 0.25) is 5.02 Å². The molecule has 0 aliphatic carbocycles. The van der Waals surface area contributed by atoms with E-state index in [-0.39, 0.29) is 6.04 Å². The molecule has 1 aliphatic heterocycles. The van der Waals surface area contributed by atoms with Crippen molar-refractivity contribution in [2.45, 2.75) is 13.0 Å².